The van der Waals surface area contributed by atoms with Crippen LogP contribution in [0, 0.1) is 6.92 Å². The average molecular weight is 408 g/mol. The molecule has 2 aromatic carbocycles. The Morgan fingerprint density at radius 3 is 2.30 bits per heavy atom. The average Bonchev–Trinajstić information content (AvgIpc) is 3.04. The number of H-pyrrole nitrogens is 1. The summed E-state index contributed by atoms with van der Waals surface area (Å²) in [6, 6.07) is 15.9. The molecule has 0 unspecified atom stereocenters. The van der Waals surface area contributed by atoms with Crippen LogP contribution in [0.15, 0.2) is 53.3 Å². The predicted octanol–water partition coefficient (Wildman–Crippen LogP) is 3.85. The van der Waals surface area contributed by atoms with E-state index < -0.39 is 5.60 Å². The van der Waals surface area contributed by atoms with E-state index in [1.54, 1.807) is 18.5 Å². The van der Waals surface area contributed by atoms with Crippen molar-refractivity contribution < 1.29 is 9.53 Å². The van der Waals surface area contributed by atoms with Gasteiger partial charge in [0.2, 0.25) is 0 Å². The lowest BCUT2D eigenvalue weighted by Crippen LogP contribution is -2.36. The van der Waals surface area contributed by atoms with Crippen LogP contribution < -0.4 is 10.3 Å². The van der Waals surface area contributed by atoms with Crippen molar-refractivity contribution in [2.24, 2.45) is 0 Å². The number of aryl methyl sites for hydroxylation is 3. The van der Waals surface area contributed by atoms with Crippen LogP contribution in [0.4, 0.5) is 0 Å². The second kappa shape index (κ2) is 9.11. The molecule has 1 N–H and O–H groups in total. The van der Waals surface area contributed by atoms with Gasteiger partial charge in [-0.25, -0.2) is 9.90 Å². The summed E-state index contributed by atoms with van der Waals surface area (Å²) in [5.41, 5.74) is 3.07. The van der Waals surface area contributed by atoms with E-state index in [-0.39, 0.29) is 11.3 Å². The lowest BCUT2D eigenvalue weighted by molar-refractivity contribution is -0.129. The molecular formula is C24H29N3O3. The van der Waals surface area contributed by atoms with Gasteiger partial charge in [-0.15, -0.1) is 0 Å². The summed E-state index contributed by atoms with van der Waals surface area (Å²) in [6.45, 7) is 7.58. The molecule has 0 saturated heterocycles. The second-order valence-corrected chi connectivity index (χ2v) is 8.20. The van der Waals surface area contributed by atoms with E-state index in [9.17, 15) is 9.59 Å². The Morgan fingerprint density at radius 2 is 1.67 bits per heavy atom. The highest BCUT2D eigenvalue weighted by molar-refractivity contribution is 5.84. The SMILES string of the molecule is CC(=O)C(C)(C)Oc1ccc(CCCc2n[nH]n(Cc3ccc(C)cc3)c2=O)cc1. The summed E-state index contributed by atoms with van der Waals surface area (Å²) >= 11 is 0. The lowest BCUT2D eigenvalue weighted by atomic mass is 10.0. The van der Waals surface area contributed by atoms with Gasteiger partial charge in [-0.2, -0.15) is 5.10 Å². The zero-order valence-electron chi connectivity index (χ0n) is 18.1. The normalized spacial score (nSPS) is 11.5. The van der Waals surface area contributed by atoms with Gasteiger partial charge in [-0.1, -0.05) is 42.0 Å². The first-order valence-corrected chi connectivity index (χ1v) is 10.2. The number of Topliss-reactive ketones (excluding diaryl/α,β-unsaturated/α-hetero) is 1. The number of ketones is 1. The molecule has 0 fully saturated rings. The fourth-order valence-electron chi connectivity index (χ4n) is 3.07. The van der Waals surface area contributed by atoms with Gasteiger partial charge >= 0.3 is 0 Å². The molecule has 3 rings (SSSR count). The first-order chi connectivity index (χ1) is 14.2. The number of hydrogen-bond donors (Lipinski definition) is 1. The minimum atomic E-state index is -0.833. The third kappa shape index (κ3) is 5.47. The Morgan fingerprint density at radius 1 is 1.03 bits per heavy atom. The van der Waals surface area contributed by atoms with Gasteiger partial charge in [-0.05, 0) is 70.2 Å². The fraction of sp³-hybridized carbons (Fsp3) is 0.375. The molecule has 6 heteroatoms. The molecule has 0 spiro atoms. The number of carbonyl (C=O) groups excluding carboxylic acids is 1. The third-order valence-corrected chi connectivity index (χ3v) is 5.28. The third-order valence-electron chi connectivity index (χ3n) is 5.28. The van der Waals surface area contributed by atoms with Gasteiger partial charge in [0.05, 0.1) is 6.54 Å². The van der Waals surface area contributed by atoms with E-state index in [2.05, 4.69) is 10.3 Å². The van der Waals surface area contributed by atoms with E-state index in [4.69, 9.17) is 4.74 Å². The number of hydrogen-bond acceptors (Lipinski definition) is 4. The van der Waals surface area contributed by atoms with Gasteiger partial charge in [0.15, 0.2) is 11.4 Å². The number of aromatic amines is 1. The van der Waals surface area contributed by atoms with Crippen molar-refractivity contribution in [2.75, 3.05) is 0 Å². The summed E-state index contributed by atoms with van der Waals surface area (Å²) in [6.07, 6.45) is 2.27. The Kier molecular flexibility index (Phi) is 6.55. The summed E-state index contributed by atoms with van der Waals surface area (Å²) < 4.78 is 7.30. The van der Waals surface area contributed by atoms with Crippen LogP contribution >= 0.6 is 0 Å². The number of benzene rings is 2. The predicted molar refractivity (Wildman–Crippen MR) is 117 cm³/mol. The summed E-state index contributed by atoms with van der Waals surface area (Å²) in [7, 11) is 0. The number of carbonyl (C=O) groups is 1. The first-order valence-electron chi connectivity index (χ1n) is 10.2. The maximum Gasteiger partial charge on any atom is 0.290 e. The van der Waals surface area contributed by atoms with Crippen LogP contribution in [0.2, 0.25) is 0 Å². The van der Waals surface area contributed by atoms with Crippen LogP contribution in [0.25, 0.3) is 0 Å². The van der Waals surface area contributed by atoms with Crippen LogP contribution in [-0.2, 0) is 24.2 Å². The van der Waals surface area contributed by atoms with Crippen molar-refractivity contribution >= 4 is 5.78 Å². The number of nitrogens with zero attached hydrogens (tertiary/aromatic N) is 2. The zero-order chi connectivity index (χ0) is 21.7. The van der Waals surface area contributed by atoms with Gasteiger partial charge < -0.3 is 4.74 Å². The molecule has 0 aliphatic carbocycles. The standard InChI is InChI=1S/C24H29N3O3/c1-17-8-10-20(11-9-17)16-27-23(29)22(25-26-27)7-5-6-19-12-14-21(15-13-19)30-24(3,4)18(2)28/h8-15,26H,5-7,16H2,1-4H3. The Labute approximate surface area is 176 Å². The molecule has 1 heterocycles. The van der Waals surface area contributed by atoms with Crippen molar-refractivity contribution in [3.8, 4) is 5.75 Å². The maximum atomic E-state index is 12.5. The summed E-state index contributed by atoms with van der Waals surface area (Å²) in [4.78, 5) is 24.1. The fourth-order valence-corrected chi connectivity index (χ4v) is 3.07. The summed E-state index contributed by atoms with van der Waals surface area (Å²) in [5, 5.41) is 7.04. The Bertz CT molecular complexity index is 1040. The van der Waals surface area contributed by atoms with Crippen molar-refractivity contribution in [3.63, 3.8) is 0 Å². The highest BCUT2D eigenvalue weighted by atomic mass is 16.5. The van der Waals surface area contributed by atoms with Gasteiger partial charge in [-0.3, -0.25) is 9.59 Å². The minimum absolute atomic E-state index is 0.0152. The zero-order valence-corrected chi connectivity index (χ0v) is 18.1. The lowest BCUT2D eigenvalue weighted by Gasteiger charge is -2.23. The summed E-state index contributed by atoms with van der Waals surface area (Å²) in [5.74, 6) is 0.656. The molecule has 0 aliphatic heterocycles. The van der Waals surface area contributed by atoms with E-state index in [1.165, 1.54) is 12.5 Å². The molecular weight excluding hydrogens is 378 g/mol. The van der Waals surface area contributed by atoms with Crippen LogP contribution in [0.5, 0.6) is 5.75 Å². The number of ether oxygens (including phenoxy) is 1. The highest BCUT2D eigenvalue weighted by Crippen LogP contribution is 2.20. The van der Waals surface area contributed by atoms with E-state index in [0.717, 1.165) is 24.0 Å². The van der Waals surface area contributed by atoms with Gasteiger partial charge in [0.25, 0.3) is 5.56 Å². The van der Waals surface area contributed by atoms with E-state index in [1.807, 2.05) is 55.5 Å². The first kappa shape index (κ1) is 21.6. The van der Waals surface area contributed by atoms with Crippen LogP contribution in [0.3, 0.4) is 0 Å². The van der Waals surface area contributed by atoms with E-state index >= 15 is 0 Å². The monoisotopic (exact) mass is 407 g/mol. The van der Waals surface area contributed by atoms with Crippen molar-refractivity contribution in [1.29, 1.82) is 0 Å². The molecule has 3 aromatic rings. The molecule has 6 nitrogen and oxygen atoms in total. The smallest absolute Gasteiger partial charge is 0.290 e. The highest BCUT2D eigenvalue weighted by Gasteiger charge is 2.25. The van der Waals surface area contributed by atoms with Crippen LogP contribution in [-0.4, -0.2) is 26.4 Å². The number of rotatable bonds is 9. The Hall–Kier alpha value is -3.15. The number of aromatic nitrogens is 3. The molecule has 30 heavy (non-hydrogen) atoms. The van der Waals surface area contributed by atoms with Crippen molar-refractivity contribution in [2.45, 2.75) is 59.1 Å². The van der Waals surface area contributed by atoms with Crippen LogP contribution in [0.1, 0.15) is 49.6 Å². The van der Waals surface area contributed by atoms with Crippen molar-refractivity contribution in [3.05, 3.63) is 81.3 Å². The van der Waals surface area contributed by atoms with Crippen molar-refractivity contribution in [1.82, 2.24) is 15.0 Å². The van der Waals surface area contributed by atoms with Gasteiger partial charge in [0.1, 0.15) is 11.4 Å². The molecule has 0 atom stereocenters. The second-order valence-electron chi connectivity index (χ2n) is 8.20. The molecule has 1 aromatic heterocycles. The maximum absolute atomic E-state index is 12.5. The topological polar surface area (TPSA) is 77.0 Å². The Balaban J connectivity index is 1.53. The van der Waals surface area contributed by atoms with Gasteiger partial charge in [0, 0.05) is 0 Å². The number of nitrogens with one attached hydrogen (secondary N) is 1. The molecule has 0 bridgehead atoms. The molecule has 0 amide bonds. The van der Waals surface area contributed by atoms with E-state index in [0.29, 0.717) is 24.4 Å². The molecule has 0 radical (unpaired) electrons. The molecule has 0 saturated carbocycles. The largest absolute Gasteiger partial charge is 0.480 e. The quantitative estimate of drug-likeness (QED) is 0.584. The minimum Gasteiger partial charge on any atom is -0.480 e. The molecule has 0 aliphatic rings. The molecule has 158 valence electrons.